The van der Waals surface area contributed by atoms with E-state index in [0.29, 0.717) is 22.5 Å². The van der Waals surface area contributed by atoms with Crippen molar-refractivity contribution in [2.45, 2.75) is 55.5 Å². The van der Waals surface area contributed by atoms with Crippen LogP contribution >= 0.6 is 11.8 Å². The van der Waals surface area contributed by atoms with E-state index in [1.807, 2.05) is 28.5 Å². The fraction of sp³-hybridized carbons (Fsp3) is 0.423. The lowest BCUT2D eigenvalue weighted by Crippen LogP contribution is -2.42. The second-order valence-electron chi connectivity index (χ2n) is 9.11. The highest BCUT2D eigenvalue weighted by Crippen LogP contribution is 2.42. The number of thioether (sulfide) groups is 1. The van der Waals surface area contributed by atoms with Crippen molar-refractivity contribution in [1.82, 2.24) is 19.7 Å². The second-order valence-corrected chi connectivity index (χ2v) is 10.4. The first-order valence-electron chi connectivity index (χ1n) is 11.8. The van der Waals surface area contributed by atoms with Crippen LogP contribution in [-0.4, -0.2) is 43.9 Å². The van der Waals surface area contributed by atoms with Crippen molar-refractivity contribution >= 4 is 17.7 Å². The predicted molar refractivity (Wildman–Crippen MR) is 128 cm³/mol. The number of carbonyl (C=O) groups excluding carboxylic acids is 1. The molecule has 2 fully saturated rings. The van der Waals surface area contributed by atoms with E-state index in [4.69, 9.17) is 0 Å². The quantitative estimate of drug-likeness (QED) is 0.441. The fourth-order valence-electron chi connectivity index (χ4n) is 4.62. The Morgan fingerprint density at radius 1 is 1.03 bits per heavy atom. The topological polar surface area (TPSA) is 51.0 Å². The summed E-state index contributed by atoms with van der Waals surface area (Å²) in [5.41, 5.74) is 1.83. The molecule has 5 rings (SSSR count). The highest BCUT2D eigenvalue weighted by atomic mass is 32.2. The van der Waals surface area contributed by atoms with Crippen molar-refractivity contribution in [3.63, 3.8) is 0 Å². The molecule has 2 aromatic carbocycles. The number of halogens is 1. The van der Waals surface area contributed by atoms with Gasteiger partial charge >= 0.3 is 0 Å². The molecule has 33 heavy (non-hydrogen) atoms. The number of likely N-dealkylation sites (tertiary alicyclic amines) is 1. The fourth-order valence-corrected chi connectivity index (χ4v) is 5.62. The lowest BCUT2D eigenvalue weighted by atomic mass is 9.90. The van der Waals surface area contributed by atoms with Crippen LogP contribution in [0.25, 0.3) is 11.4 Å². The Kier molecular flexibility index (Phi) is 6.49. The van der Waals surface area contributed by atoms with E-state index < -0.39 is 0 Å². The maximum Gasteiger partial charge on any atom is 0.235 e. The van der Waals surface area contributed by atoms with Crippen LogP contribution in [0.2, 0.25) is 0 Å². The van der Waals surface area contributed by atoms with Crippen LogP contribution in [0.1, 0.15) is 44.2 Å². The average Bonchev–Trinajstić information content (AvgIpc) is 3.60. The molecular formula is C26H29FN4OS. The Morgan fingerprint density at radius 3 is 2.42 bits per heavy atom. The van der Waals surface area contributed by atoms with Gasteiger partial charge in [0.1, 0.15) is 5.82 Å². The lowest BCUT2D eigenvalue weighted by Gasteiger charge is -2.33. The van der Waals surface area contributed by atoms with Crippen LogP contribution in [0, 0.1) is 11.7 Å². The number of rotatable bonds is 7. The van der Waals surface area contributed by atoms with Crippen molar-refractivity contribution in [2.24, 2.45) is 5.92 Å². The number of hydrogen-bond acceptors (Lipinski definition) is 4. The van der Waals surface area contributed by atoms with Crippen LogP contribution in [0.15, 0.2) is 59.8 Å². The minimum atomic E-state index is -0.300. The normalized spacial score (nSPS) is 17.8. The van der Waals surface area contributed by atoms with E-state index in [9.17, 15) is 9.18 Å². The Hall–Kier alpha value is -2.67. The van der Waals surface area contributed by atoms with E-state index in [0.717, 1.165) is 45.2 Å². The van der Waals surface area contributed by atoms with Gasteiger partial charge in [0.25, 0.3) is 0 Å². The van der Waals surface area contributed by atoms with Gasteiger partial charge in [-0.15, -0.1) is 10.2 Å². The first-order chi connectivity index (χ1) is 16.1. The third-order valence-electron chi connectivity index (χ3n) is 6.61. The molecular weight excluding hydrogens is 435 g/mol. The molecule has 1 saturated carbocycles. The summed E-state index contributed by atoms with van der Waals surface area (Å²) in [6.45, 7) is 3.55. The zero-order valence-corrected chi connectivity index (χ0v) is 19.7. The van der Waals surface area contributed by atoms with Crippen molar-refractivity contribution in [3.05, 3.63) is 66.0 Å². The van der Waals surface area contributed by atoms with Crippen LogP contribution in [0.3, 0.4) is 0 Å². The molecule has 2 heterocycles. The number of nitrogens with zero attached hydrogens (tertiary/aromatic N) is 4. The highest BCUT2D eigenvalue weighted by molar-refractivity contribution is 8.00. The number of aromatic nitrogens is 3. The largest absolute Gasteiger partial charge is 0.342 e. The zero-order chi connectivity index (χ0) is 22.8. The third kappa shape index (κ3) is 4.98. The molecule has 172 valence electrons. The molecule has 1 atom stereocenters. The molecule has 0 spiro atoms. The minimum absolute atomic E-state index is 0.149. The Balaban J connectivity index is 1.23. The maximum absolute atomic E-state index is 14.4. The first kappa shape index (κ1) is 22.1. The lowest BCUT2D eigenvalue weighted by molar-refractivity contribution is -0.131. The van der Waals surface area contributed by atoms with Gasteiger partial charge in [-0.2, -0.15) is 0 Å². The van der Waals surface area contributed by atoms with Gasteiger partial charge in [-0.05, 0) is 62.6 Å². The van der Waals surface area contributed by atoms with Crippen molar-refractivity contribution in [1.29, 1.82) is 0 Å². The van der Waals surface area contributed by atoms with Crippen molar-refractivity contribution in [3.8, 4) is 11.4 Å². The molecule has 1 aliphatic heterocycles. The van der Waals surface area contributed by atoms with Crippen molar-refractivity contribution in [2.75, 3.05) is 13.1 Å². The Morgan fingerprint density at radius 2 is 1.73 bits per heavy atom. The Labute approximate surface area is 198 Å². The van der Waals surface area contributed by atoms with E-state index in [-0.39, 0.29) is 23.0 Å². The summed E-state index contributed by atoms with van der Waals surface area (Å²) in [7, 11) is 0. The third-order valence-corrected chi connectivity index (χ3v) is 7.66. The molecule has 0 N–H and O–H groups in total. The van der Waals surface area contributed by atoms with Gasteiger partial charge in [-0.3, -0.25) is 9.36 Å². The highest BCUT2D eigenvalue weighted by Gasteiger charge is 2.33. The molecule has 1 unspecified atom stereocenters. The predicted octanol–water partition coefficient (Wildman–Crippen LogP) is 5.38. The van der Waals surface area contributed by atoms with E-state index in [1.165, 1.54) is 23.4 Å². The summed E-state index contributed by atoms with van der Waals surface area (Å²) in [4.78, 5) is 15.2. The average molecular weight is 465 g/mol. The van der Waals surface area contributed by atoms with Gasteiger partial charge in [0.05, 0.1) is 10.8 Å². The molecule has 1 aromatic heterocycles. The van der Waals surface area contributed by atoms with E-state index in [2.05, 4.69) is 34.5 Å². The van der Waals surface area contributed by atoms with Gasteiger partial charge in [-0.25, -0.2) is 4.39 Å². The molecule has 3 aromatic rings. The summed E-state index contributed by atoms with van der Waals surface area (Å²) in [6, 6.07) is 17.5. The van der Waals surface area contributed by atoms with Crippen LogP contribution < -0.4 is 0 Å². The Bertz CT molecular complexity index is 1110. The van der Waals surface area contributed by atoms with E-state index >= 15 is 0 Å². The van der Waals surface area contributed by atoms with Gasteiger partial charge in [0, 0.05) is 19.1 Å². The SMILES string of the molecule is CC(Sc1nnc(-c2ccccc2F)n1C1CC1)C(=O)N1CCC(Cc2ccccc2)CC1. The van der Waals surface area contributed by atoms with Gasteiger partial charge < -0.3 is 4.90 Å². The molecule has 1 aliphatic carbocycles. The smallest absolute Gasteiger partial charge is 0.235 e. The van der Waals surface area contributed by atoms with Crippen LogP contribution in [-0.2, 0) is 11.2 Å². The second kappa shape index (κ2) is 9.67. The standard InChI is InChI=1S/C26H29FN4OS/c1-18(25(32)30-15-13-20(14-16-30)17-19-7-3-2-4-8-19)33-26-29-28-24(31(26)21-11-12-21)22-9-5-6-10-23(22)27/h2-10,18,20-21H,11-17H2,1H3. The molecule has 1 amide bonds. The molecule has 5 nitrogen and oxygen atoms in total. The summed E-state index contributed by atoms with van der Waals surface area (Å²) >= 11 is 1.44. The number of amides is 1. The van der Waals surface area contributed by atoms with Gasteiger partial charge in [0.2, 0.25) is 5.91 Å². The number of carbonyl (C=O) groups is 1. The molecule has 0 radical (unpaired) electrons. The molecule has 2 aliphatic rings. The van der Waals surface area contributed by atoms with Crippen molar-refractivity contribution < 1.29 is 9.18 Å². The minimum Gasteiger partial charge on any atom is -0.342 e. The van der Waals surface area contributed by atoms with Crippen LogP contribution in [0.4, 0.5) is 4.39 Å². The maximum atomic E-state index is 14.4. The summed E-state index contributed by atoms with van der Waals surface area (Å²) in [6.07, 6.45) is 5.21. The number of hydrogen-bond donors (Lipinski definition) is 0. The molecule has 0 bridgehead atoms. The molecule has 7 heteroatoms. The van der Waals surface area contributed by atoms with Crippen LogP contribution in [0.5, 0.6) is 0 Å². The summed E-state index contributed by atoms with van der Waals surface area (Å²) in [5.74, 6) is 1.03. The summed E-state index contributed by atoms with van der Waals surface area (Å²) < 4.78 is 16.4. The first-order valence-corrected chi connectivity index (χ1v) is 12.7. The van der Waals surface area contributed by atoms with Gasteiger partial charge in [0.15, 0.2) is 11.0 Å². The zero-order valence-electron chi connectivity index (χ0n) is 18.9. The monoisotopic (exact) mass is 464 g/mol. The van der Waals surface area contributed by atoms with E-state index in [1.54, 1.807) is 12.1 Å². The number of benzene rings is 2. The van der Waals surface area contributed by atoms with Gasteiger partial charge in [-0.1, -0.05) is 54.2 Å². The molecule has 1 saturated heterocycles. The summed E-state index contributed by atoms with van der Waals surface area (Å²) in [5, 5.41) is 9.12. The number of piperidine rings is 1.